The SMILES string of the molecule is COCC1(C(=O)N2CCC(c3ccccc3)C2C)CCNCC1. The molecule has 1 aromatic carbocycles. The van der Waals surface area contributed by atoms with Crippen molar-refractivity contribution in [2.75, 3.05) is 33.4 Å². The third kappa shape index (κ3) is 3.15. The lowest BCUT2D eigenvalue weighted by molar-refractivity contribution is -0.148. The minimum atomic E-state index is -0.333. The molecule has 2 saturated heterocycles. The third-order valence-corrected chi connectivity index (χ3v) is 5.68. The molecule has 1 aromatic rings. The van der Waals surface area contributed by atoms with Crippen LogP contribution in [0, 0.1) is 5.41 Å². The van der Waals surface area contributed by atoms with Gasteiger partial charge in [0, 0.05) is 25.6 Å². The van der Waals surface area contributed by atoms with Crippen molar-refractivity contribution in [2.45, 2.75) is 38.1 Å². The lowest BCUT2D eigenvalue weighted by Crippen LogP contribution is -2.52. The minimum Gasteiger partial charge on any atom is -0.384 e. The Kier molecular flexibility index (Phi) is 5.02. The number of benzene rings is 1. The van der Waals surface area contributed by atoms with Crippen LogP contribution in [0.1, 0.15) is 37.7 Å². The van der Waals surface area contributed by atoms with Gasteiger partial charge in [-0.2, -0.15) is 0 Å². The predicted octanol–water partition coefficient (Wildman–Crippen LogP) is 2.41. The number of hydrogen-bond donors (Lipinski definition) is 1. The predicted molar refractivity (Wildman–Crippen MR) is 91.4 cm³/mol. The van der Waals surface area contributed by atoms with Gasteiger partial charge in [0.15, 0.2) is 0 Å². The molecule has 126 valence electrons. The van der Waals surface area contributed by atoms with Gasteiger partial charge in [-0.05, 0) is 44.8 Å². The van der Waals surface area contributed by atoms with E-state index < -0.39 is 0 Å². The average molecular weight is 316 g/mol. The molecular formula is C19H28N2O2. The summed E-state index contributed by atoms with van der Waals surface area (Å²) in [4.78, 5) is 15.4. The zero-order valence-electron chi connectivity index (χ0n) is 14.3. The van der Waals surface area contributed by atoms with Crippen LogP contribution in [0.2, 0.25) is 0 Å². The first-order chi connectivity index (χ1) is 11.2. The number of likely N-dealkylation sites (tertiary alicyclic amines) is 1. The monoisotopic (exact) mass is 316 g/mol. The molecule has 2 aliphatic rings. The molecule has 2 aliphatic heterocycles. The van der Waals surface area contributed by atoms with Crippen molar-refractivity contribution in [3.05, 3.63) is 35.9 Å². The molecule has 1 N–H and O–H groups in total. The zero-order chi connectivity index (χ0) is 16.3. The molecule has 2 fully saturated rings. The Balaban J connectivity index is 1.77. The molecule has 0 bridgehead atoms. The highest BCUT2D eigenvalue weighted by Gasteiger charge is 2.46. The van der Waals surface area contributed by atoms with E-state index in [-0.39, 0.29) is 11.5 Å². The number of methoxy groups -OCH3 is 1. The Labute approximate surface area is 139 Å². The number of carbonyl (C=O) groups excluding carboxylic acids is 1. The van der Waals surface area contributed by atoms with E-state index in [1.807, 2.05) is 0 Å². The number of ether oxygens (including phenoxy) is 1. The van der Waals surface area contributed by atoms with Gasteiger partial charge in [-0.1, -0.05) is 30.3 Å². The fourth-order valence-electron chi connectivity index (χ4n) is 4.28. The van der Waals surface area contributed by atoms with Crippen molar-refractivity contribution < 1.29 is 9.53 Å². The van der Waals surface area contributed by atoms with Crippen LogP contribution in [0.15, 0.2) is 30.3 Å². The lowest BCUT2D eigenvalue weighted by atomic mass is 9.78. The molecule has 4 nitrogen and oxygen atoms in total. The summed E-state index contributed by atoms with van der Waals surface area (Å²) in [5.74, 6) is 0.744. The second kappa shape index (κ2) is 7.02. The van der Waals surface area contributed by atoms with Gasteiger partial charge in [-0.25, -0.2) is 0 Å². The van der Waals surface area contributed by atoms with Crippen molar-refractivity contribution in [1.29, 1.82) is 0 Å². The molecule has 0 aliphatic carbocycles. The number of amides is 1. The van der Waals surface area contributed by atoms with E-state index in [9.17, 15) is 4.79 Å². The molecule has 3 rings (SSSR count). The maximum Gasteiger partial charge on any atom is 0.231 e. The molecule has 0 aromatic heterocycles. The van der Waals surface area contributed by atoms with Crippen LogP contribution in [-0.2, 0) is 9.53 Å². The van der Waals surface area contributed by atoms with E-state index in [2.05, 4.69) is 47.5 Å². The van der Waals surface area contributed by atoms with Crippen molar-refractivity contribution in [3.63, 3.8) is 0 Å². The molecule has 0 radical (unpaired) electrons. The van der Waals surface area contributed by atoms with Crippen molar-refractivity contribution in [1.82, 2.24) is 10.2 Å². The summed E-state index contributed by atoms with van der Waals surface area (Å²) in [7, 11) is 1.71. The third-order valence-electron chi connectivity index (χ3n) is 5.68. The van der Waals surface area contributed by atoms with Crippen molar-refractivity contribution in [2.24, 2.45) is 5.41 Å². The molecule has 2 heterocycles. The maximum atomic E-state index is 13.3. The van der Waals surface area contributed by atoms with Crippen LogP contribution in [0.3, 0.4) is 0 Å². The van der Waals surface area contributed by atoms with Crippen molar-refractivity contribution in [3.8, 4) is 0 Å². The first-order valence-electron chi connectivity index (χ1n) is 8.74. The normalized spacial score (nSPS) is 27.1. The number of rotatable bonds is 4. The van der Waals surface area contributed by atoms with Crippen LogP contribution >= 0.6 is 0 Å². The topological polar surface area (TPSA) is 41.6 Å². The smallest absolute Gasteiger partial charge is 0.231 e. The molecule has 2 unspecified atom stereocenters. The van der Waals surface area contributed by atoms with Crippen LogP contribution in [0.5, 0.6) is 0 Å². The Morgan fingerprint density at radius 3 is 2.65 bits per heavy atom. The molecule has 2 atom stereocenters. The van der Waals surface area contributed by atoms with E-state index in [1.165, 1.54) is 5.56 Å². The quantitative estimate of drug-likeness (QED) is 0.927. The fraction of sp³-hybridized carbons (Fsp3) is 0.632. The van der Waals surface area contributed by atoms with E-state index in [0.717, 1.165) is 38.9 Å². The van der Waals surface area contributed by atoms with Gasteiger partial charge >= 0.3 is 0 Å². The van der Waals surface area contributed by atoms with Gasteiger partial charge in [0.1, 0.15) is 0 Å². The van der Waals surface area contributed by atoms with E-state index in [1.54, 1.807) is 7.11 Å². The summed E-state index contributed by atoms with van der Waals surface area (Å²) in [6.45, 7) is 5.40. The standard InChI is InChI=1S/C19H28N2O2/c1-15-17(16-6-4-3-5-7-16)8-13-21(15)18(22)19(14-23-2)9-11-20-12-10-19/h3-7,15,17,20H,8-14H2,1-2H3. The number of piperidine rings is 1. The zero-order valence-corrected chi connectivity index (χ0v) is 14.3. The molecule has 4 heteroatoms. The van der Waals surface area contributed by atoms with Crippen LogP contribution in [-0.4, -0.2) is 50.2 Å². The van der Waals surface area contributed by atoms with Crippen LogP contribution < -0.4 is 5.32 Å². The Morgan fingerprint density at radius 1 is 1.30 bits per heavy atom. The minimum absolute atomic E-state index is 0.258. The largest absolute Gasteiger partial charge is 0.384 e. The van der Waals surface area contributed by atoms with E-state index >= 15 is 0 Å². The first-order valence-corrected chi connectivity index (χ1v) is 8.74. The second-order valence-corrected chi connectivity index (χ2v) is 7.01. The summed E-state index contributed by atoms with van der Waals surface area (Å²) < 4.78 is 5.44. The molecule has 0 spiro atoms. The summed E-state index contributed by atoms with van der Waals surface area (Å²) >= 11 is 0. The molecular weight excluding hydrogens is 288 g/mol. The number of carbonyl (C=O) groups is 1. The highest BCUT2D eigenvalue weighted by molar-refractivity contribution is 5.84. The highest BCUT2D eigenvalue weighted by atomic mass is 16.5. The molecule has 0 saturated carbocycles. The second-order valence-electron chi connectivity index (χ2n) is 7.01. The summed E-state index contributed by atoms with van der Waals surface area (Å²) in [6.07, 6.45) is 2.80. The molecule has 23 heavy (non-hydrogen) atoms. The average Bonchev–Trinajstić information content (AvgIpc) is 2.97. The first kappa shape index (κ1) is 16.5. The van der Waals surface area contributed by atoms with Crippen LogP contribution in [0.4, 0.5) is 0 Å². The number of nitrogens with one attached hydrogen (secondary N) is 1. The van der Waals surface area contributed by atoms with Crippen LogP contribution in [0.25, 0.3) is 0 Å². The Hall–Kier alpha value is -1.39. The van der Waals surface area contributed by atoms with Gasteiger partial charge in [-0.3, -0.25) is 4.79 Å². The van der Waals surface area contributed by atoms with Gasteiger partial charge < -0.3 is 15.0 Å². The summed E-state index contributed by atoms with van der Waals surface area (Å²) in [5, 5.41) is 3.36. The highest BCUT2D eigenvalue weighted by Crippen LogP contribution is 2.39. The van der Waals surface area contributed by atoms with Gasteiger partial charge in [-0.15, -0.1) is 0 Å². The van der Waals surface area contributed by atoms with Gasteiger partial charge in [0.05, 0.1) is 12.0 Å². The maximum absolute atomic E-state index is 13.3. The number of nitrogens with zero attached hydrogens (tertiary/aromatic N) is 1. The Bertz CT molecular complexity index is 520. The van der Waals surface area contributed by atoms with E-state index in [4.69, 9.17) is 4.74 Å². The summed E-state index contributed by atoms with van der Waals surface area (Å²) in [5.41, 5.74) is 1.02. The fourth-order valence-corrected chi connectivity index (χ4v) is 4.28. The Morgan fingerprint density at radius 2 is 2.00 bits per heavy atom. The molecule has 1 amide bonds. The van der Waals surface area contributed by atoms with E-state index in [0.29, 0.717) is 18.4 Å². The van der Waals surface area contributed by atoms with Gasteiger partial charge in [0.25, 0.3) is 0 Å². The summed E-state index contributed by atoms with van der Waals surface area (Å²) in [6, 6.07) is 10.9. The number of hydrogen-bond acceptors (Lipinski definition) is 3. The van der Waals surface area contributed by atoms with Crippen molar-refractivity contribution >= 4 is 5.91 Å². The lowest BCUT2D eigenvalue weighted by Gasteiger charge is -2.40. The van der Waals surface area contributed by atoms with Gasteiger partial charge in [0.2, 0.25) is 5.91 Å².